The molecular formula is C24H36N4O3. The lowest BCUT2D eigenvalue weighted by Crippen LogP contribution is -2.41. The average Bonchev–Trinajstić information content (AvgIpc) is 3.24. The summed E-state index contributed by atoms with van der Waals surface area (Å²) in [7, 11) is 0. The number of nitrogens with zero attached hydrogens (tertiary/aromatic N) is 3. The standard InChI is InChI=1S/C24H36N4O3/c1-5-20(4)28(15-21-14-18(2)6-7-19(21)3)16-23-26-22(17-31-23)24(29)25-8-9-27-10-12-30-13-11-27/h6-7,14,17,20H,5,8-13,15-16H2,1-4H3,(H,25,29). The summed E-state index contributed by atoms with van der Waals surface area (Å²) in [6.45, 7) is 14.8. The van der Waals surface area contributed by atoms with Crippen LogP contribution >= 0.6 is 0 Å². The number of hydrogen-bond donors (Lipinski definition) is 1. The lowest BCUT2D eigenvalue weighted by atomic mass is 10.0. The van der Waals surface area contributed by atoms with Crippen molar-refractivity contribution in [2.75, 3.05) is 39.4 Å². The van der Waals surface area contributed by atoms with Crippen LogP contribution in [0.15, 0.2) is 28.9 Å². The Hall–Kier alpha value is -2.22. The van der Waals surface area contributed by atoms with Crippen LogP contribution in [0.4, 0.5) is 0 Å². The van der Waals surface area contributed by atoms with Gasteiger partial charge in [0.1, 0.15) is 6.26 Å². The van der Waals surface area contributed by atoms with Crippen molar-refractivity contribution in [3.8, 4) is 0 Å². The number of benzene rings is 1. The largest absolute Gasteiger partial charge is 0.447 e. The van der Waals surface area contributed by atoms with Gasteiger partial charge in [0, 0.05) is 38.8 Å². The number of morpholine rings is 1. The van der Waals surface area contributed by atoms with Crippen LogP contribution in [-0.4, -0.2) is 66.1 Å². The fourth-order valence-corrected chi connectivity index (χ4v) is 3.72. The number of carbonyl (C=O) groups excluding carboxylic acids is 1. The van der Waals surface area contributed by atoms with Gasteiger partial charge in [-0.2, -0.15) is 0 Å². The van der Waals surface area contributed by atoms with Crippen LogP contribution in [0.5, 0.6) is 0 Å². The van der Waals surface area contributed by atoms with Gasteiger partial charge in [0.15, 0.2) is 5.69 Å². The Kier molecular flexibility index (Phi) is 8.63. The molecule has 2 aromatic rings. The molecule has 1 saturated heterocycles. The highest BCUT2D eigenvalue weighted by Gasteiger charge is 2.19. The monoisotopic (exact) mass is 428 g/mol. The van der Waals surface area contributed by atoms with Gasteiger partial charge in [0.25, 0.3) is 5.91 Å². The summed E-state index contributed by atoms with van der Waals surface area (Å²) in [5, 5.41) is 2.94. The second kappa shape index (κ2) is 11.4. The molecule has 31 heavy (non-hydrogen) atoms. The summed E-state index contributed by atoms with van der Waals surface area (Å²) in [6, 6.07) is 6.93. The molecule has 7 heteroatoms. The van der Waals surface area contributed by atoms with Crippen LogP contribution in [0.2, 0.25) is 0 Å². The van der Waals surface area contributed by atoms with Crippen molar-refractivity contribution in [1.29, 1.82) is 0 Å². The molecule has 1 atom stereocenters. The smallest absolute Gasteiger partial charge is 0.273 e. The topological polar surface area (TPSA) is 70.8 Å². The molecular weight excluding hydrogens is 392 g/mol. The molecule has 7 nitrogen and oxygen atoms in total. The number of rotatable bonds is 10. The first-order chi connectivity index (χ1) is 15.0. The Balaban J connectivity index is 1.57. The third-order valence-corrected chi connectivity index (χ3v) is 6.03. The maximum atomic E-state index is 12.5. The number of nitrogens with one attached hydrogen (secondary N) is 1. The minimum Gasteiger partial charge on any atom is -0.447 e. The minimum absolute atomic E-state index is 0.187. The third kappa shape index (κ3) is 6.89. The Morgan fingerprint density at radius 3 is 2.77 bits per heavy atom. The van der Waals surface area contributed by atoms with E-state index in [0.29, 0.717) is 30.7 Å². The first-order valence-corrected chi connectivity index (χ1v) is 11.3. The maximum absolute atomic E-state index is 12.5. The molecule has 1 N–H and O–H groups in total. The van der Waals surface area contributed by atoms with Crippen molar-refractivity contribution in [2.24, 2.45) is 0 Å². The molecule has 0 spiro atoms. The average molecular weight is 429 g/mol. The number of amides is 1. The molecule has 1 aromatic heterocycles. The van der Waals surface area contributed by atoms with Gasteiger partial charge in [0.05, 0.1) is 19.8 Å². The molecule has 1 aliphatic rings. The molecule has 1 aliphatic heterocycles. The molecule has 170 valence electrons. The van der Waals surface area contributed by atoms with Gasteiger partial charge in [-0.05, 0) is 38.3 Å². The summed E-state index contributed by atoms with van der Waals surface area (Å²) in [6.07, 6.45) is 2.49. The van der Waals surface area contributed by atoms with Gasteiger partial charge >= 0.3 is 0 Å². The van der Waals surface area contributed by atoms with E-state index in [1.165, 1.54) is 23.0 Å². The normalized spacial score (nSPS) is 15.9. The number of carbonyl (C=O) groups is 1. The summed E-state index contributed by atoms with van der Waals surface area (Å²) in [5.41, 5.74) is 4.20. The van der Waals surface area contributed by atoms with E-state index in [2.05, 4.69) is 66.0 Å². The van der Waals surface area contributed by atoms with Crippen LogP contribution in [0.25, 0.3) is 0 Å². The van der Waals surface area contributed by atoms with Crippen LogP contribution in [-0.2, 0) is 17.8 Å². The zero-order valence-electron chi connectivity index (χ0n) is 19.3. The van der Waals surface area contributed by atoms with Crippen LogP contribution in [0.3, 0.4) is 0 Å². The zero-order valence-corrected chi connectivity index (χ0v) is 19.3. The van der Waals surface area contributed by atoms with Crippen molar-refractivity contribution in [1.82, 2.24) is 20.1 Å². The number of aryl methyl sites for hydroxylation is 2. The Morgan fingerprint density at radius 2 is 2.03 bits per heavy atom. The lowest BCUT2D eigenvalue weighted by Gasteiger charge is -2.28. The van der Waals surface area contributed by atoms with Crippen molar-refractivity contribution < 1.29 is 13.9 Å². The Labute approximate surface area is 185 Å². The van der Waals surface area contributed by atoms with E-state index in [4.69, 9.17) is 9.15 Å². The predicted molar refractivity (Wildman–Crippen MR) is 121 cm³/mol. The van der Waals surface area contributed by atoms with E-state index < -0.39 is 0 Å². The highest BCUT2D eigenvalue weighted by Crippen LogP contribution is 2.18. The predicted octanol–water partition coefficient (Wildman–Crippen LogP) is 3.15. The first-order valence-electron chi connectivity index (χ1n) is 11.3. The molecule has 1 unspecified atom stereocenters. The van der Waals surface area contributed by atoms with Crippen LogP contribution in [0, 0.1) is 13.8 Å². The van der Waals surface area contributed by atoms with E-state index >= 15 is 0 Å². The molecule has 1 fully saturated rings. The minimum atomic E-state index is -0.187. The highest BCUT2D eigenvalue weighted by atomic mass is 16.5. The number of aromatic nitrogens is 1. The summed E-state index contributed by atoms with van der Waals surface area (Å²) in [4.78, 5) is 21.6. The number of ether oxygens (including phenoxy) is 1. The van der Waals surface area contributed by atoms with Crippen molar-refractivity contribution in [2.45, 2.75) is 53.2 Å². The highest BCUT2D eigenvalue weighted by molar-refractivity contribution is 5.91. The van der Waals surface area contributed by atoms with Gasteiger partial charge in [0.2, 0.25) is 5.89 Å². The lowest BCUT2D eigenvalue weighted by molar-refractivity contribution is 0.0383. The van der Waals surface area contributed by atoms with Gasteiger partial charge in [-0.3, -0.25) is 14.6 Å². The van der Waals surface area contributed by atoms with E-state index in [9.17, 15) is 4.79 Å². The number of oxazole rings is 1. The van der Waals surface area contributed by atoms with Crippen molar-refractivity contribution in [3.63, 3.8) is 0 Å². The van der Waals surface area contributed by atoms with E-state index in [1.807, 2.05) is 0 Å². The second-order valence-electron chi connectivity index (χ2n) is 8.43. The Morgan fingerprint density at radius 1 is 1.26 bits per heavy atom. The van der Waals surface area contributed by atoms with Gasteiger partial charge in [-0.15, -0.1) is 0 Å². The molecule has 0 radical (unpaired) electrons. The molecule has 2 heterocycles. The van der Waals surface area contributed by atoms with Gasteiger partial charge in [-0.25, -0.2) is 4.98 Å². The first kappa shape index (κ1) is 23.4. The maximum Gasteiger partial charge on any atom is 0.273 e. The van der Waals surface area contributed by atoms with Crippen molar-refractivity contribution in [3.05, 3.63) is 52.7 Å². The SMILES string of the molecule is CCC(C)N(Cc1nc(C(=O)NCCN2CCOCC2)co1)Cc1cc(C)ccc1C. The quantitative estimate of drug-likeness (QED) is 0.627. The van der Waals surface area contributed by atoms with Gasteiger partial charge < -0.3 is 14.5 Å². The van der Waals surface area contributed by atoms with Crippen LogP contribution in [0.1, 0.15) is 53.3 Å². The fraction of sp³-hybridized carbons (Fsp3) is 0.583. The molecule has 1 amide bonds. The number of hydrogen-bond acceptors (Lipinski definition) is 6. The molecule has 3 rings (SSSR count). The third-order valence-electron chi connectivity index (χ3n) is 6.03. The molecule has 0 aliphatic carbocycles. The molecule has 0 bridgehead atoms. The van der Waals surface area contributed by atoms with E-state index in [0.717, 1.165) is 45.8 Å². The van der Waals surface area contributed by atoms with E-state index in [1.54, 1.807) is 0 Å². The summed E-state index contributed by atoms with van der Waals surface area (Å²) >= 11 is 0. The fourth-order valence-electron chi connectivity index (χ4n) is 3.72. The van der Waals surface area contributed by atoms with Gasteiger partial charge in [-0.1, -0.05) is 30.7 Å². The zero-order chi connectivity index (χ0) is 22.2. The van der Waals surface area contributed by atoms with Crippen LogP contribution < -0.4 is 5.32 Å². The second-order valence-corrected chi connectivity index (χ2v) is 8.43. The van der Waals surface area contributed by atoms with E-state index in [-0.39, 0.29) is 5.91 Å². The summed E-state index contributed by atoms with van der Waals surface area (Å²) < 4.78 is 11.0. The molecule has 0 saturated carbocycles. The Bertz CT molecular complexity index is 845. The molecule has 1 aromatic carbocycles. The van der Waals surface area contributed by atoms with Crippen molar-refractivity contribution >= 4 is 5.91 Å². The summed E-state index contributed by atoms with van der Waals surface area (Å²) in [5.74, 6) is 0.386.